The molecule has 1 amide bonds. The number of hydrogen-bond acceptors (Lipinski definition) is 5. The molecule has 1 heterocycles. The van der Waals surface area contributed by atoms with E-state index in [0.717, 1.165) is 0 Å². The van der Waals surface area contributed by atoms with E-state index in [2.05, 4.69) is 15.5 Å². The topological polar surface area (TPSA) is 86.1 Å². The maximum absolute atomic E-state index is 12.9. The van der Waals surface area contributed by atoms with Gasteiger partial charge in [0.25, 0.3) is 5.91 Å². The smallest absolute Gasteiger partial charge is 0.361 e. The minimum absolute atomic E-state index is 0.0126. The van der Waals surface area contributed by atoms with Gasteiger partial charge in [-0.05, 0) is 56.3 Å². The average molecular weight is 403 g/mol. The molecule has 0 aliphatic rings. The van der Waals surface area contributed by atoms with Crippen LogP contribution in [0.5, 0.6) is 0 Å². The van der Waals surface area contributed by atoms with Crippen LogP contribution in [0.1, 0.15) is 23.1 Å². The number of benzene rings is 2. The van der Waals surface area contributed by atoms with Crippen LogP contribution in [0.15, 0.2) is 48.5 Å². The summed E-state index contributed by atoms with van der Waals surface area (Å²) in [5.74, 6) is -1.76. The zero-order chi connectivity index (χ0) is 20.3. The zero-order valence-electron chi connectivity index (χ0n) is 15.0. The Morgan fingerprint density at radius 3 is 2.57 bits per heavy atom. The van der Waals surface area contributed by atoms with Crippen LogP contribution in [0.3, 0.4) is 0 Å². The molecule has 1 N–H and O–H groups in total. The lowest BCUT2D eigenvalue weighted by molar-refractivity contribution is -0.123. The van der Waals surface area contributed by atoms with Gasteiger partial charge < -0.3 is 10.1 Å². The van der Waals surface area contributed by atoms with Crippen LogP contribution in [0.25, 0.3) is 5.69 Å². The first-order chi connectivity index (χ1) is 13.3. The largest absolute Gasteiger partial charge is 0.448 e. The minimum atomic E-state index is -1.09. The van der Waals surface area contributed by atoms with Crippen molar-refractivity contribution in [2.75, 3.05) is 5.32 Å². The standard InChI is InChI=1S/C19H16ClFN4O3/c1-11-17(24-25(23-11)16-5-3-4-13(20)10-16)19(27)28-12(2)18(26)22-15-8-6-14(21)7-9-15/h3-10,12H,1-2H3,(H,22,26)/t12-/m1/s1. The van der Waals surface area contributed by atoms with Gasteiger partial charge in [-0.15, -0.1) is 5.10 Å². The Balaban J connectivity index is 1.68. The molecule has 0 radical (unpaired) electrons. The first-order valence-electron chi connectivity index (χ1n) is 8.31. The second-order valence-electron chi connectivity index (χ2n) is 5.95. The molecule has 9 heteroatoms. The number of amides is 1. The predicted octanol–water partition coefficient (Wildman–Crippen LogP) is 3.55. The molecule has 3 aromatic rings. The molecule has 2 aromatic carbocycles. The van der Waals surface area contributed by atoms with E-state index < -0.39 is 23.8 Å². The maximum Gasteiger partial charge on any atom is 0.361 e. The third-order valence-corrected chi connectivity index (χ3v) is 4.01. The number of carbonyl (C=O) groups is 2. The van der Waals surface area contributed by atoms with Crippen LogP contribution in [-0.4, -0.2) is 33.0 Å². The molecular formula is C19H16ClFN4O3. The number of aryl methyl sites for hydroxylation is 1. The molecule has 7 nitrogen and oxygen atoms in total. The maximum atomic E-state index is 12.9. The van der Waals surface area contributed by atoms with E-state index in [4.69, 9.17) is 16.3 Å². The minimum Gasteiger partial charge on any atom is -0.448 e. The Bertz CT molecular complexity index is 1020. The van der Waals surface area contributed by atoms with Crippen LogP contribution in [0, 0.1) is 12.7 Å². The van der Waals surface area contributed by atoms with E-state index in [1.807, 2.05) is 0 Å². The van der Waals surface area contributed by atoms with Crippen molar-refractivity contribution in [3.63, 3.8) is 0 Å². The van der Waals surface area contributed by atoms with Crippen LogP contribution in [-0.2, 0) is 9.53 Å². The number of anilines is 1. The fraction of sp³-hybridized carbons (Fsp3) is 0.158. The number of esters is 1. The van der Waals surface area contributed by atoms with E-state index in [1.165, 1.54) is 36.0 Å². The van der Waals surface area contributed by atoms with Crippen molar-refractivity contribution in [1.29, 1.82) is 0 Å². The van der Waals surface area contributed by atoms with Crippen LogP contribution in [0.4, 0.5) is 10.1 Å². The molecular weight excluding hydrogens is 387 g/mol. The zero-order valence-corrected chi connectivity index (χ0v) is 15.8. The van der Waals surface area contributed by atoms with Gasteiger partial charge in [0.05, 0.1) is 11.4 Å². The van der Waals surface area contributed by atoms with E-state index in [-0.39, 0.29) is 5.69 Å². The summed E-state index contributed by atoms with van der Waals surface area (Å²) >= 11 is 5.96. The second-order valence-corrected chi connectivity index (χ2v) is 6.38. The fourth-order valence-electron chi connectivity index (χ4n) is 2.33. The highest BCUT2D eigenvalue weighted by molar-refractivity contribution is 6.30. The van der Waals surface area contributed by atoms with E-state index in [0.29, 0.717) is 22.1 Å². The summed E-state index contributed by atoms with van der Waals surface area (Å²) in [6, 6.07) is 12.1. The molecule has 0 aliphatic carbocycles. The second kappa shape index (κ2) is 8.18. The van der Waals surface area contributed by atoms with Gasteiger partial charge in [-0.2, -0.15) is 9.90 Å². The van der Waals surface area contributed by atoms with Crippen molar-refractivity contribution in [2.45, 2.75) is 20.0 Å². The molecule has 0 unspecified atom stereocenters. The van der Waals surface area contributed by atoms with Gasteiger partial charge in [-0.3, -0.25) is 4.79 Å². The Morgan fingerprint density at radius 2 is 1.89 bits per heavy atom. The molecule has 3 rings (SSSR count). The number of carbonyl (C=O) groups excluding carboxylic acids is 2. The first kappa shape index (κ1) is 19.5. The van der Waals surface area contributed by atoms with Crippen molar-refractivity contribution in [2.24, 2.45) is 0 Å². The lowest BCUT2D eigenvalue weighted by Gasteiger charge is -2.12. The number of nitrogens with zero attached hydrogens (tertiary/aromatic N) is 3. The summed E-state index contributed by atoms with van der Waals surface area (Å²) in [5, 5.41) is 11.3. The normalized spacial score (nSPS) is 11.7. The van der Waals surface area contributed by atoms with Gasteiger partial charge in [0.2, 0.25) is 0 Å². The number of nitrogens with one attached hydrogen (secondary N) is 1. The summed E-state index contributed by atoms with van der Waals surface area (Å²) in [4.78, 5) is 25.8. The highest BCUT2D eigenvalue weighted by Crippen LogP contribution is 2.15. The predicted molar refractivity (Wildman–Crippen MR) is 101 cm³/mol. The van der Waals surface area contributed by atoms with E-state index >= 15 is 0 Å². The number of hydrogen-bond donors (Lipinski definition) is 1. The Hall–Kier alpha value is -3.26. The van der Waals surface area contributed by atoms with Crippen LogP contribution < -0.4 is 5.32 Å². The van der Waals surface area contributed by atoms with Crippen molar-refractivity contribution >= 4 is 29.2 Å². The molecule has 144 valence electrons. The Labute approximate surface area is 165 Å². The average Bonchev–Trinajstić information content (AvgIpc) is 3.05. The van der Waals surface area contributed by atoms with Gasteiger partial charge in [0.15, 0.2) is 11.8 Å². The van der Waals surface area contributed by atoms with Gasteiger partial charge in [0, 0.05) is 10.7 Å². The van der Waals surface area contributed by atoms with Gasteiger partial charge >= 0.3 is 5.97 Å². The molecule has 0 saturated carbocycles. The number of ether oxygens (including phenoxy) is 1. The van der Waals surface area contributed by atoms with E-state index in [9.17, 15) is 14.0 Å². The SMILES string of the molecule is Cc1nn(-c2cccc(Cl)c2)nc1C(=O)O[C@H](C)C(=O)Nc1ccc(F)cc1. The quantitative estimate of drug-likeness (QED) is 0.659. The third-order valence-electron chi connectivity index (χ3n) is 3.78. The van der Waals surface area contributed by atoms with Crippen molar-refractivity contribution in [3.05, 3.63) is 70.8 Å². The number of rotatable bonds is 5. The number of aromatic nitrogens is 3. The van der Waals surface area contributed by atoms with Gasteiger partial charge in [-0.1, -0.05) is 17.7 Å². The fourth-order valence-corrected chi connectivity index (χ4v) is 2.51. The Kier molecular flexibility index (Phi) is 5.70. The third kappa shape index (κ3) is 4.52. The lowest BCUT2D eigenvalue weighted by atomic mass is 10.3. The highest BCUT2D eigenvalue weighted by Gasteiger charge is 2.23. The lowest BCUT2D eigenvalue weighted by Crippen LogP contribution is -2.30. The molecule has 0 spiro atoms. The van der Waals surface area contributed by atoms with E-state index in [1.54, 1.807) is 31.2 Å². The summed E-state index contributed by atoms with van der Waals surface area (Å²) < 4.78 is 18.1. The van der Waals surface area contributed by atoms with Crippen molar-refractivity contribution in [3.8, 4) is 5.69 Å². The molecule has 0 fully saturated rings. The molecule has 28 heavy (non-hydrogen) atoms. The number of halogens is 2. The van der Waals surface area contributed by atoms with Crippen LogP contribution in [0.2, 0.25) is 5.02 Å². The summed E-state index contributed by atoms with van der Waals surface area (Å²) in [7, 11) is 0. The summed E-state index contributed by atoms with van der Waals surface area (Å²) in [6.45, 7) is 3.03. The molecule has 0 bridgehead atoms. The van der Waals surface area contributed by atoms with Crippen LogP contribution >= 0.6 is 11.6 Å². The summed E-state index contributed by atoms with van der Waals surface area (Å²) in [5.41, 5.74) is 1.30. The van der Waals surface area contributed by atoms with Gasteiger partial charge in [0.1, 0.15) is 5.82 Å². The molecule has 0 aliphatic heterocycles. The first-order valence-corrected chi connectivity index (χ1v) is 8.68. The van der Waals surface area contributed by atoms with Crippen molar-refractivity contribution < 1.29 is 18.7 Å². The van der Waals surface area contributed by atoms with Gasteiger partial charge in [-0.25, -0.2) is 9.18 Å². The molecule has 1 atom stereocenters. The Morgan fingerprint density at radius 1 is 1.18 bits per heavy atom. The monoisotopic (exact) mass is 402 g/mol. The highest BCUT2D eigenvalue weighted by atomic mass is 35.5. The molecule has 1 aromatic heterocycles. The summed E-state index contributed by atoms with van der Waals surface area (Å²) in [6.07, 6.45) is -1.09. The molecule has 0 saturated heterocycles. The van der Waals surface area contributed by atoms with Crippen molar-refractivity contribution in [1.82, 2.24) is 15.0 Å².